The first-order valence-corrected chi connectivity index (χ1v) is 7.19. The van der Waals surface area contributed by atoms with E-state index in [4.69, 9.17) is 4.74 Å². The summed E-state index contributed by atoms with van der Waals surface area (Å²) in [6.07, 6.45) is 2.55. The van der Waals surface area contributed by atoms with Crippen LogP contribution in [0.5, 0.6) is 0 Å². The number of piperazine rings is 1. The van der Waals surface area contributed by atoms with Crippen molar-refractivity contribution in [2.45, 2.75) is 32.2 Å². The highest BCUT2D eigenvalue weighted by atomic mass is 16.5. The molecule has 0 aromatic carbocycles. The molecule has 1 heterocycles. The van der Waals surface area contributed by atoms with E-state index in [0.717, 1.165) is 19.7 Å². The average Bonchev–Trinajstić information content (AvgIpc) is 2.32. The number of methoxy groups -OCH3 is 1. The first kappa shape index (κ1) is 15.9. The Labute approximate surface area is 113 Å². The number of nitrogens with one attached hydrogen (secondary N) is 1. The van der Waals surface area contributed by atoms with E-state index in [9.17, 15) is 0 Å². The molecule has 0 aromatic rings. The average molecular weight is 257 g/mol. The van der Waals surface area contributed by atoms with Crippen molar-refractivity contribution in [3.05, 3.63) is 0 Å². The molecule has 1 fully saturated rings. The highest BCUT2D eigenvalue weighted by Gasteiger charge is 2.30. The van der Waals surface area contributed by atoms with Gasteiger partial charge in [0.25, 0.3) is 0 Å². The van der Waals surface area contributed by atoms with Gasteiger partial charge in [-0.3, -0.25) is 4.90 Å². The summed E-state index contributed by atoms with van der Waals surface area (Å²) in [5.41, 5.74) is 0.328. The number of nitrogens with zero attached hydrogens (tertiary/aromatic N) is 2. The fourth-order valence-corrected chi connectivity index (χ4v) is 2.42. The van der Waals surface area contributed by atoms with E-state index < -0.39 is 0 Å². The van der Waals surface area contributed by atoms with Crippen molar-refractivity contribution in [3.8, 4) is 0 Å². The molecule has 4 heteroatoms. The highest BCUT2D eigenvalue weighted by Crippen LogP contribution is 2.18. The second-order valence-electron chi connectivity index (χ2n) is 5.96. The molecule has 4 nitrogen and oxygen atoms in total. The molecule has 0 amide bonds. The molecule has 1 N–H and O–H groups in total. The molecule has 1 aliphatic heterocycles. The first-order chi connectivity index (χ1) is 8.56. The largest absolute Gasteiger partial charge is 0.383 e. The molecule has 0 spiro atoms. The van der Waals surface area contributed by atoms with Gasteiger partial charge in [0.1, 0.15) is 0 Å². The predicted octanol–water partition coefficient (Wildman–Crippen LogP) is 1.03. The number of ether oxygens (including phenoxy) is 1. The Hall–Kier alpha value is -0.160. The Balaban J connectivity index is 2.03. The van der Waals surface area contributed by atoms with Gasteiger partial charge < -0.3 is 15.0 Å². The maximum Gasteiger partial charge on any atom is 0.0587 e. The van der Waals surface area contributed by atoms with Crippen LogP contribution in [0.4, 0.5) is 0 Å². The van der Waals surface area contributed by atoms with Crippen molar-refractivity contribution in [1.29, 1.82) is 0 Å². The molecule has 108 valence electrons. The minimum absolute atomic E-state index is 0.328. The molecule has 0 atom stereocenters. The lowest BCUT2D eigenvalue weighted by Gasteiger charge is -2.45. The lowest BCUT2D eigenvalue weighted by Crippen LogP contribution is -2.57. The van der Waals surface area contributed by atoms with Crippen LogP contribution in [0.15, 0.2) is 0 Å². The quantitative estimate of drug-likeness (QED) is 0.657. The molecule has 1 saturated heterocycles. The van der Waals surface area contributed by atoms with E-state index in [0.29, 0.717) is 5.54 Å². The molecular formula is C14H31N3O. The van der Waals surface area contributed by atoms with Crippen molar-refractivity contribution < 1.29 is 4.74 Å². The third-order valence-corrected chi connectivity index (χ3v) is 3.96. The van der Waals surface area contributed by atoms with Crippen molar-refractivity contribution >= 4 is 0 Å². The van der Waals surface area contributed by atoms with E-state index in [1.807, 2.05) is 0 Å². The maximum absolute atomic E-state index is 5.00. The van der Waals surface area contributed by atoms with E-state index in [1.165, 1.54) is 39.0 Å². The van der Waals surface area contributed by atoms with Gasteiger partial charge in [-0.1, -0.05) is 0 Å². The van der Waals surface area contributed by atoms with Crippen molar-refractivity contribution in [1.82, 2.24) is 15.1 Å². The van der Waals surface area contributed by atoms with Crippen LogP contribution in [0.25, 0.3) is 0 Å². The summed E-state index contributed by atoms with van der Waals surface area (Å²) in [6, 6.07) is 0. The van der Waals surface area contributed by atoms with E-state index in [2.05, 4.69) is 36.0 Å². The number of hydrogen-bond acceptors (Lipinski definition) is 4. The van der Waals surface area contributed by atoms with Gasteiger partial charge in [-0.05, 0) is 46.8 Å². The van der Waals surface area contributed by atoms with E-state index in [-0.39, 0.29) is 0 Å². The third kappa shape index (κ3) is 5.65. The Morgan fingerprint density at radius 2 is 1.94 bits per heavy atom. The zero-order valence-corrected chi connectivity index (χ0v) is 12.7. The SMILES string of the molecule is COCCNCCCCN1CCN(C)C(C)(C)C1. The molecule has 0 aromatic heterocycles. The molecule has 1 aliphatic rings. The maximum atomic E-state index is 5.00. The fraction of sp³-hybridized carbons (Fsp3) is 1.00. The van der Waals surface area contributed by atoms with Gasteiger partial charge in [-0.25, -0.2) is 0 Å². The summed E-state index contributed by atoms with van der Waals surface area (Å²) in [5.74, 6) is 0. The second-order valence-corrected chi connectivity index (χ2v) is 5.96. The van der Waals surface area contributed by atoms with Gasteiger partial charge in [0.05, 0.1) is 6.61 Å². The first-order valence-electron chi connectivity index (χ1n) is 7.19. The summed E-state index contributed by atoms with van der Waals surface area (Å²) in [7, 11) is 3.98. The van der Waals surface area contributed by atoms with Crippen LogP contribution in [0, 0.1) is 0 Å². The van der Waals surface area contributed by atoms with Crippen molar-refractivity contribution in [3.63, 3.8) is 0 Å². The second kappa shape index (κ2) is 8.10. The van der Waals surface area contributed by atoms with Gasteiger partial charge >= 0.3 is 0 Å². The zero-order chi connectivity index (χ0) is 13.4. The Morgan fingerprint density at radius 3 is 2.61 bits per heavy atom. The lowest BCUT2D eigenvalue weighted by molar-refractivity contribution is 0.0393. The lowest BCUT2D eigenvalue weighted by atomic mass is 9.99. The number of rotatable bonds is 8. The third-order valence-electron chi connectivity index (χ3n) is 3.96. The van der Waals surface area contributed by atoms with E-state index >= 15 is 0 Å². The van der Waals surface area contributed by atoms with Crippen LogP contribution in [-0.4, -0.2) is 75.4 Å². The normalized spacial score (nSPS) is 21.3. The van der Waals surface area contributed by atoms with Gasteiger partial charge in [-0.15, -0.1) is 0 Å². The van der Waals surface area contributed by atoms with Crippen LogP contribution in [-0.2, 0) is 4.74 Å². The molecule has 0 saturated carbocycles. The standard InChI is InChI=1S/C14H31N3O/c1-14(2)13-17(11-10-16(14)3)9-6-5-7-15-8-12-18-4/h15H,5-13H2,1-4H3. The minimum Gasteiger partial charge on any atom is -0.383 e. The summed E-state index contributed by atoms with van der Waals surface area (Å²) in [6.45, 7) is 12.4. The van der Waals surface area contributed by atoms with Crippen molar-refractivity contribution in [2.75, 3.05) is 60.0 Å². The Bertz CT molecular complexity index is 221. The fourth-order valence-electron chi connectivity index (χ4n) is 2.42. The number of likely N-dealkylation sites (N-methyl/N-ethyl adjacent to an activating group) is 1. The molecule has 1 rings (SSSR count). The van der Waals surface area contributed by atoms with Gasteiger partial charge in [-0.2, -0.15) is 0 Å². The molecule has 0 radical (unpaired) electrons. The summed E-state index contributed by atoms with van der Waals surface area (Å²) in [5, 5.41) is 3.40. The summed E-state index contributed by atoms with van der Waals surface area (Å²) in [4.78, 5) is 5.07. The topological polar surface area (TPSA) is 27.7 Å². The summed E-state index contributed by atoms with van der Waals surface area (Å²) < 4.78 is 5.00. The van der Waals surface area contributed by atoms with Crippen molar-refractivity contribution in [2.24, 2.45) is 0 Å². The van der Waals surface area contributed by atoms with Crippen LogP contribution < -0.4 is 5.32 Å². The predicted molar refractivity (Wildman–Crippen MR) is 77.1 cm³/mol. The van der Waals surface area contributed by atoms with E-state index in [1.54, 1.807) is 7.11 Å². The molecule has 0 aliphatic carbocycles. The molecule has 0 bridgehead atoms. The van der Waals surface area contributed by atoms with Gasteiger partial charge in [0.2, 0.25) is 0 Å². The van der Waals surface area contributed by atoms with Crippen LogP contribution in [0.1, 0.15) is 26.7 Å². The monoisotopic (exact) mass is 257 g/mol. The smallest absolute Gasteiger partial charge is 0.0587 e. The van der Waals surface area contributed by atoms with Crippen LogP contribution in [0.2, 0.25) is 0 Å². The zero-order valence-electron chi connectivity index (χ0n) is 12.7. The molecule has 0 unspecified atom stereocenters. The van der Waals surface area contributed by atoms with Crippen LogP contribution in [0.3, 0.4) is 0 Å². The highest BCUT2D eigenvalue weighted by molar-refractivity contribution is 4.87. The molecule has 18 heavy (non-hydrogen) atoms. The minimum atomic E-state index is 0.328. The van der Waals surface area contributed by atoms with Gasteiger partial charge in [0, 0.05) is 38.8 Å². The Kier molecular flexibility index (Phi) is 7.15. The van der Waals surface area contributed by atoms with Crippen LogP contribution >= 0.6 is 0 Å². The van der Waals surface area contributed by atoms with Gasteiger partial charge in [0.15, 0.2) is 0 Å². The Morgan fingerprint density at radius 1 is 1.17 bits per heavy atom. The number of hydrogen-bond donors (Lipinski definition) is 1. The number of unbranched alkanes of at least 4 members (excludes halogenated alkanes) is 1. The molecular weight excluding hydrogens is 226 g/mol. The summed E-state index contributed by atoms with van der Waals surface area (Å²) >= 11 is 0.